The molecule has 0 saturated carbocycles. The van der Waals surface area contributed by atoms with Gasteiger partial charge in [0.25, 0.3) is 0 Å². The van der Waals surface area contributed by atoms with Crippen LogP contribution in [0.3, 0.4) is 0 Å². The largest absolute Gasteiger partial charge is 0.480 e. The summed E-state index contributed by atoms with van der Waals surface area (Å²) < 4.78 is 7.13. The summed E-state index contributed by atoms with van der Waals surface area (Å²) in [6.07, 6.45) is 4.66. The highest BCUT2D eigenvalue weighted by molar-refractivity contribution is 5.80. The summed E-state index contributed by atoms with van der Waals surface area (Å²) in [5, 5.41) is 16.6. The van der Waals surface area contributed by atoms with Gasteiger partial charge >= 0.3 is 5.97 Å². The maximum atomic E-state index is 11.7. The average molecular weight is 276 g/mol. The number of carboxylic acid groups (broad SMARTS) is 1. The molecule has 0 unspecified atom stereocenters. The molecule has 2 aromatic heterocycles. The van der Waals surface area contributed by atoms with Crippen LogP contribution in [-0.4, -0.2) is 38.9 Å². The van der Waals surface area contributed by atoms with Crippen molar-refractivity contribution in [3.8, 4) is 11.4 Å². The molecule has 20 heavy (non-hydrogen) atoms. The molecular weight excluding hydrogens is 260 g/mol. The maximum absolute atomic E-state index is 11.7. The third kappa shape index (κ3) is 2.00. The molecule has 0 atom stereocenters. The lowest BCUT2D eigenvalue weighted by molar-refractivity contribution is -0.146. The molecule has 0 radical (unpaired) electrons. The summed E-state index contributed by atoms with van der Waals surface area (Å²) >= 11 is 0. The van der Waals surface area contributed by atoms with Gasteiger partial charge in [0, 0.05) is 25.0 Å². The molecule has 0 spiro atoms. The van der Waals surface area contributed by atoms with E-state index in [1.54, 1.807) is 0 Å². The summed E-state index contributed by atoms with van der Waals surface area (Å²) in [5.41, 5.74) is -0.248. The van der Waals surface area contributed by atoms with Crippen LogP contribution in [0.4, 0.5) is 0 Å². The number of carboxylic acids is 1. The number of nitrogens with zero attached hydrogens (tertiary/aromatic N) is 3. The Morgan fingerprint density at radius 1 is 1.50 bits per heavy atom. The molecule has 106 valence electrons. The topological polar surface area (TPSA) is 93.2 Å². The molecule has 2 aromatic rings. The lowest BCUT2D eigenvalue weighted by Crippen LogP contribution is -2.45. The van der Waals surface area contributed by atoms with Crippen molar-refractivity contribution in [3.63, 3.8) is 0 Å². The van der Waals surface area contributed by atoms with E-state index in [9.17, 15) is 9.90 Å². The zero-order valence-electron chi connectivity index (χ0n) is 11.2. The van der Waals surface area contributed by atoms with Crippen LogP contribution in [-0.2, 0) is 17.3 Å². The van der Waals surface area contributed by atoms with Crippen LogP contribution >= 0.6 is 0 Å². The van der Waals surface area contributed by atoms with Crippen molar-refractivity contribution in [2.75, 3.05) is 13.1 Å². The zero-order chi connectivity index (χ0) is 14.2. The number of carbonyl (C=O) groups is 1. The normalized spacial score (nSPS) is 18.1. The first-order valence-corrected chi connectivity index (χ1v) is 6.52. The van der Waals surface area contributed by atoms with Crippen molar-refractivity contribution < 1.29 is 14.4 Å². The Hall–Kier alpha value is -2.15. The number of piperidine rings is 1. The molecule has 2 N–H and O–H groups in total. The first-order chi connectivity index (χ1) is 9.62. The first kappa shape index (κ1) is 12.9. The number of rotatable bonds is 3. The summed E-state index contributed by atoms with van der Waals surface area (Å²) in [6, 6.07) is 1.87. The highest BCUT2D eigenvalue weighted by atomic mass is 16.5. The van der Waals surface area contributed by atoms with Crippen LogP contribution in [0.5, 0.6) is 0 Å². The van der Waals surface area contributed by atoms with Gasteiger partial charge in [0.2, 0.25) is 11.7 Å². The van der Waals surface area contributed by atoms with E-state index in [0.717, 1.165) is 5.56 Å². The van der Waals surface area contributed by atoms with Gasteiger partial charge in [0.15, 0.2) is 0 Å². The summed E-state index contributed by atoms with van der Waals surface area (Å²) in [7, 11) is 1.90. The van der Waals surface area contributed by atoms with E-state index in [-0.39, 0.29) is 5.89 Å². The fourth-order valence-electron chi connectivity index (χ4n) is 2.54. The van der Waals surface area contributed by atoms with Gasteiger partial charge in [0.05, 0.1) is 0 Å². The van der Waals surface area contributed by atoms with Crippen molar-refractivity contribution in [1.29, 1.82) is 0 Å². The van der Waals surface area contributed by atoms with Crippen LogP contribution < -0.4 is 5.32 Å². The second-order valence-electron chi connectivity index (χ2n) is 5.13. The fourth-order valence-corrected chi connectivity index (χ4v) is 2.54. The van der Waals surface area contributed by atoms with Crippen LogP contribution in [0.2, 0.25) is 0 Å². The highest BCUT2D eigenvalue weighted by Crippen LogP contribution is 2.33. The number of nitrogens with one attached hydrogen (secondary N) is 1. The summed E-state index contributed by atoms with van der Waals surface area (Å²) in [4.78, 5) is 16.0. The molecule has 1 aliphatic heterocycles. The molecule has 0 aromatic carbocycles. The maximum Gasteiger partial charge on any atom is 0.319 e. The van der Waals surface area contributed by atoms with Gasteiger partial charge in [-0.2, -0.15) is 4.98 Å². The second-order valence-corrected chi connectivity index (χ2v) is 5.13. The molecule has 3 heterocycles. The molecule has 7 nitrogen and oxygen atoms in total. The predicted molar refractivity (Wildman–Crippen MR) is 70.1 cm³/mol. The van der Waals surface area contributed by atoms with Gasteiger partial charge in [-0.05, 0) is 32.0 Å². The Balaban J connectivity index is 1.97. The third-order valence-corrected chi connectivity index (χ3v) is 3.79. The van der Waals surface area contributed by atoms with Crippen molar-refractivity contribution in [3.05, 3.63) is 24.4 Å². The Labute approximate surface area is 115 Å². The van der Waals surface area contributed by atoms with Crippen molar-refractivity contribution >= 4 is 5.97 Å². The van der Waals surface area contributed by atoms with Crippen LogP contribution in [0.1, 0.15) is 18.7 Å². The summed E-state index contributed by atoms with van der Waals surface area (Å²) in [5.74, 6) is -0.271. The molecule has 1 fully saturated rings. The molecule has 0 bridgehead atoms. The SMILES string of the molecule is Cn1ccc(-c2noc(C3(C(=O)O)CCNCC3)n2)c1. The Morgan fingerprint density at radius 2 is 2.25 bits per heavy atom. The van der Waals surface area contributed by atoms with Crippen molar-refractivity contribution in [2.45, 2.75) is 18.3 Å². The quantitative estimate of drug-likeness (QED) is 0.860. The van der Waals surface area contributed by atoms with Crippen LogP contribution in [0, 0.1) is 0 Å². The van der Waals surface area contributed by atoms with Crippen LogP contribution in [0.15, 0.2) is 23.0 Å². The second kappa shape index (κ2) is 4.75. The first-order valence-electron chi connectivity index (χ1n) is 6.52. The molecule has 7 heteroatoms. The minimum absolute atomic E-state index is 0.199. The monoisotopic (exact) mass is 276 g/mol. The molecule has 3 rings (SSSR count). The fraction of sp³-hybridized carbons (Fsp3) is 0.462. The van der Waals surface area contributed by atoms with E-state index in [4.69, 9.17) is 4.52 Å². The van der Waals surface area contributed by atoms with E-state index in [0.29, 0.717) is 31.8 Å². The lowest BCUT2D eigenvalue weighted by Gasteiger charge is -2.29. The Morgan fingerprint density at radius 3 is 2.85 bits per heavy atom. The van der Waals surface area contributed by atoms with Crippen LogP contribution in [0.25, 0.3) is 11.4 Å². The Kier molecular flexibility index (Phi) is 3.06. The van der Waals surface area contributed by atoms with E-state index < -0.39 is 11.4 Å². The molecule has 1 aliphatic rings. The third-order valence-electron chi connectivity index (χ3n) is 3.79. The zero-order valence-corrected chi connectivity index (χ0v) is 11.2. The van der Waals surface area contributed by atoms with Gasteiger partial charge in [-0.25, -0.2) is 0 Å². The van der Waals surface area contributed by atoms with E-state index in [1.165, 1.54) is 0 Å². The van der Waals surface area contributed by atoms with Gasteiger partial charge in [0.1, 0.15) is 5.41 Å². The van der Waals surface area contributed by atoms with Crippen molar-refractivity contribution in [2.24, 2.45) is 7.05 Å². The highest BCUT2D eigenvalue weighted by Gasteiger charge is 2.46. The Bertz CT molecular complexity index is 625. The standard InChI is InChI=1S/C13H16N4O3/c1-17-7-2-9(8-17)10-15-11(20-16-10)13(12(18)19)3-5-14-6-4-13/h2,7-8,14H,3-6H2,1H3,(H,18,19). The number of hydrogen-bond donors (Lipinski definition) is 2. The smallest absolute Gasteiger partial charge is 0.319 e. The molecule has 0 amide bonds. The predicted octanol–water partition coefficient (Wildman–Crippen LogP) is 0.781. The van der Waals surface area contributed by atoms with Gasteiger partial charge < -0.3 is 19.5 Å². The minimum Gasteiger partial charge on any atom is -0.480 e. The van der Waals surface area contributed by atoms with E-state index in [2.05, 4.69) is 15.5 Å². The lowest BCUT2D eigenvalue weighted by atomic mass is 9.79. The number of aliphatic carboxylic acids is 1. The molecular formula is C13H16N4O3. The van der Waals surface area contributed by atoms with Crippen molar-refractivity contribution in [1.82, 2.24) is 20.0 Å². The van der Waals surface area contributed by atoms with E-state index in [1.807, 2.05) is 30.1 Å². The van der Waals surface area contributed by atoms with Gasteiger partial charge in [-0.1, -0.05) is 5.16 Å². The molecule has 1 saturated heterocycles. The number of aromatic nitrogens is 3. The average Bonchev–Trinajstić information content (AvgIpc) is 3.08. The minimum atomic E-state index is -1.06. The van der Waals surface area contributed by atoms with E-state index >= 15 is 0 Å². The molecule has 0 aliphatic carbocycles. The number of hydrogen-bond acceptors (Lipinski definition) is 5. The van der Waals surface area contributed by atoms with Gasteiger partial charge in [-0.3, -0.25) is 4.79 Å². The number of aryl methyl sites for hydroxylation is 1. The summed E-state index contributed by atoms with van der Waals surface area (Å²) in [6.45, 7) is 1.27. The van der Waals surface area contributed by atoms with Gasteiger partial charge in [-0.15, -0.1) is 0 Å².